The molecule has 158 valence electrons. The topological polar surface area (TPSA) is 67.2 Å². The molecule has 1 aliphatic heterocycles. The van der Waals surface area contributed by atoms with Gasteiger partial charge in [0.25, 0.3) is 10.0 Å². The molecule has 30 heavy (non-hydrogen) atoms. The summed E-state index contributed by atoms with van der Waals surface area (Å²) in [6.07, 6.45) is 7.31. The Labute approximate surface area is 178 Å². The van der Waals surface area contributed by atoms with Gasteiger partial charge in [0.1, 0.15) is 5.82 Å². The van der Waals surface area contributed by atoms with Gasteiger partial charge in [0, 0.05) is 30.2 Å². The Balaban J connectivity index is 1.59. The number of anilines is 1. The van der Waals surface area contributed by atoms with Crippen molar-refractivity contribution in [1.29, 1.82) is 0 Å². The van der Waals surface area contributed by atoms with E-state index in [1.165, 1.54) is 3.97 Å². The lowest BCUT2D eigenvalue weighted by atomic mass is 10.0. The van der Waals surface area contributed by atoms with Gasteiger partial charge in [-0.1, -0.05) is 17.7 Å². The van der Waals surface area contributed by atoms with E-state index in [4.69, 9.17) is 0 Å². The standard InChI is InChI=1S/C23H28N4O2S/c1-17-4-6-21(7-5-17)30(28,29)27-13-8-19(16-27)22-14-23(24-15-18(22)2)25-20-9-11-26(3)12-10-20/h4-8,13-16,20H,9-12H2,1-3H3,(H,24,25). The summed E-state index contributed by atoms with van der Waals surface area (Å²) in [6.45, 7) is 6.09. The van der Waals surface area contributed by atoms with Gasteiger partial charge in [0.05, 0.1) is 4.90 Å². The average molecular weight is 425 g/mol. The van der Waals surface area contributed by atoms with Gasteiger partial charge >= 0.3 is 0 Å². The monoisotopic (exact) mass is 424 g/mol. The van der Waals surface area contributed by atoms with E-state index in [1.807, 2.05) is 44.3 Å². The van der Waals surface area contributed by atoms with E-state index < -0.39 is 10.0 Å². The van der Waals surface area contributed by atoms with Crippen LogP contribution in [0, 0.1) is 13.8 Å². The quantitative estimate of drug-likeness (QED) is 0.673. The van der Waals surface area contributed by atoms with Crippen molar-refractivity contribution in [2.24, 2.45) is 0 Å². The molecule has 1 fully saturated rings. The lowest BCUT2D eigenvalue weighted by Gasteiger charge is -2.29. The lowest BCUT2D eigenvalue weighted by molar-refractivity contribution is 0.263. The van der Waals surface area contributed by atoms with Crippen LogP contribution in [0.4, 0.5) is 5.82 Å². The summed E-state index contributed by atoms with van der Waals surface area (Å²) < 4.78 is 27.2. The smallest absolute Gasteiger partial charge is 0.267 e. The summed E-state index contributed by atoms with van der Waals surface area (Å²) in [5.41, 5.74) is 3.88. The van der Waals surface area contributed by atoms with Gasteiger partial charge in [-0.05, 0) is 82.2 Å². The highest BCUT2D eigenvalue weighted by Crippen LogP contribution is 2.28. The van der Waals surface area contributed by atoms with Crippen LogP contribution in [-0.2, 0) is 10.0 Å². The molecule has 1 aromatic carbocycles. The second-order valence-corrected chi connectivity index (χ2v) is 10.00. The molecule has 3 heterocycles. The van der Waals surface area contributed by atoms with Gasteiger partial charge in [-0.3, -0.25) is 0 Å². The number of hydrogen-bond acceptors (Lipinski definition) is 5. The Morgan fingerprint density at radius 3 is 2.47 bits per heavy atom. The Hall–Kier alpha value is -2.64. The zero-order valence-electron chi connectivity index (χ0n) is 17.7. The molecule has 3 aromatic rings. The van der Waals surface area contributed by atoms with Crippen molar-refractivity contribution < 1.29 is 8.42 Å². The van der Waals surface area contributed by atoms with Gasteiger partial charge in [-0.25, -0.2) is 17.4 Å². The fourth-order valence-corrected chi connectivity index (χ4v) is 4.99. The third-order valence-corrected chi connectivity index (χ3v) is 7.40. The number of likely N-dealkylation sites (tertiary alicyclic amines) is 1. The number of benzene rings is 1. The summed E-state index contributed by atoms with van der Waals surface area (Å²) in [7, 11) is -1.47. The zero-order chi connectivity index (χ0) is 21.3. The molecule has 0 bridgehead atoms. The third-order valence-electron chi connectivity index (χ3n) is 5.75. The molecule has 0 aliphatic carbocycles. The number of hydrogen-bond donors (Lipinski definition) is 1. The molecule has 6 nitrogen and oxygen atoms in total. The number of aryl methyl sites for hydroxylation is 2. The molecule has 0 unspecified atom stereocenters. The maximum Gasteiger partial charge on any atom is 0.267 e. The Morgan fingerprint density at radius 2 is 1.77 bits per heavy atom. The molecule has 0 atom stereocenters. The predicted octanol–water partition coefficient (Wildman–Crippen LogP) is 3.91. The van der Waals surface area contributed by atoms with Gasteiger partial charge < -0.3 is 10.2 Å². The molecule has 0 amide bonds. The highest BCUT2D eigenvalue weighted by atomic mass is 32.2. The van der Waals surface area contributed by atoms with Crippen molar-refractivity contribution in [3.63, 3.8) is 0 Å². The molecular formula is C23H28N4O2S. The van der Waals surface area contributed by atoms with Gasteiger partial charge in [0.2, 0.25) is 0 Å². The first-order valence-electron chi connectivity index (χ1n) is 10.3. The van der Waals surface area contributed by atoms with Crippen molar-refractivity contribution in [3.8, 4) is 11.1 Å². The highest BCUT2D eigenvalue weighted by molar-refractivity contribution is 7.90. The van der Waals surface area contributed by atoms with E-state index in [0.29, 0.717) is 6.04 Å². The lowest BCUT2D eigenvalue weighted by Crippen LogP contribution is -2.36. The van der Waals surface area contributed by atoms with Gasteiger partial charge in [0.15, 0.2) is 0 Å². The first kappa shape index (κ1) is 20.6. The van der Waals surface area contributed by atoms with Gasteiger partial charge in [-0.15, -0.1) is 0 Å². The fraction of sp³-hybridized carbons (Fsp3) is 0.348. The predicted molar refractivity (Wildman–Crippen MR) is 120 cm³/mol. The normalized spacial score (nSPS) is 16.0. The minimum Gasteiger partial charge on any atom is -0.367 e. The second-order valence-electron chi connectivity index (χ2n) is 8.15. The number of nitrogens with zero attached hydrogens (tertiary/aromatic N) is 3. The average Bonchev–Trinajstić information content (AvgIpc) is 3.22. The fourth-order valence-electron chi connectivity index (χ4n) is 3.79. The number of aromatic nitrogens is 2. The summed E-state index contributed by atoms with van der Waals surface area (Å²) >= 11 is 0. The van der Waals surface area contributed by atoms with Crippen LogP contribution in [0.5, 0.6) is 0 Å². The van der Waals surface area contributed by atoms with E-state index in [9.17, 15) is 8.42 Å². The van der Waals surface area contributed by atoms with Crippen LogP contribution in [0.1, 0.15) is 24.0 Å². The summed E-state index contributed by atoms with van der Waals surface area (Å²) in [4.78, 5) is 7.16. The third kappa shape index (κ3) is 4.27. The Kier molecular flexibility index (Phi) is 5.66. The molecule has 0 spiro atoms. The maximum absolute atomic E-state index is 13.0. The summed E-state index contributed by atoms with van der Waals surface area (Å²) in [6, 6.07) is 11.2. The van der Waals surface area contributed by atoms with Crippen LogP contribution < -0.4 is 5.32 Å². The number of pyridine rings is 1. The van der Waals surface area contributed by atoms with Crippen molar-refractivity contribution in [3.05, 3.63) is 66.1 Å². The molecule has 1 saturated heterocycles. The molecule has 1 aliphatic rings. The first-order valence-corrected chi connectivity index (χ1v) is 11.7. The largest absolute Gasteiger partial charge is 0.367 e. The SMILES string of the molecule is Cc1ccc(S(=O)(=O)n2ccc(-c3cc(NC4CCN(C)CC4)ncc3C)c2)cc1. The molecule has 1 N–H and O–H groups in total. The van der Waals surface area contributed by atoms with Crippen molar-refractivity contribution >= 4 is 15.8 Å². The molecule has 2 aromatic heterocycles. The number of nitrogens with one attached hydrogen (secondary N) is 1. The molecular weight excluding hydrogens is 396 g/mol. The molecule has 4 rings (SSSR count). The summed E-state index contributed by atoms with van der Waals surface area (Å²) in [5.74, 6) is 0.833. The van der Waals surface area contributed by atoms with Crippen LogP contribution in [0.15, 0.2) is 59.9 Å². The number of piperidine rings is 1. The maximum atomic E-state index is 13.0. The van der Waals surface area contributed by atoms with Crippen molar-refractivity contribution in [1.82, 2.24) is 13.9 Å². The van der Waals surface area contributed by atoms with Crippen LogP contribution in [0.3, 0.4) is 0 Å². The van der Waals surface area contributed by atoms with E-state index >= 15 is 0 Å². The number of rotatable bonds is 5. The van der Waals surface area contributed by atoms with Crippen LogP contribution in [0.2, 0.25) is 0 Å². The second kappa shape index (κ2) is 8.24. The summed E-state index contributed by atoms with van der Waals surface area (Å²) in [5, 5.41) is 3.54. The van der Waals surface area contributed by atoms with E-state index in [1.54, 1.807) is 24.5 Å². The first-order chi connectivity index (χ1) is 14.3. The Bertz CT molecular complexity index is 1130. The van der Waals surface area contributed by atoms with Crippen molar-refractivity contribution in [2.75, 3.05) is 25.5 Å². The van der Waals surface area contributed by atoms with E-state index in [0.717, 1.165) is 54.0 Å². The van der Waals surface area contributed by atoms with Crippen LogP contribution in [-0.4, -0.2) is 48.5 Å². The minimum atomic E-state index is -3.61. The molecule has 0 radical (unpaired) electrons. The van der Waals surface area contributed by atoms with Crippen LogP contribution in [0.25, 0.3) is 11.1 Å². The molecule has 0 saturated carbocycles. The minimum absolute atomic E-state index is 0.284. The van der Waals surface area contributed by atoms with Crippen LogP contribution >= 0.6 is 0 Å². The van der Waals surface area contributed by atoms with E-state index in [2.05, 4.69) is 22.2 Å². The van der Waals surface area contributed by atoms with Gasteiger partial charge in [-0.2, -0.15) is 0 Å². The Morgan fingerprint density at radius 1 is 1.07 bits per heavy atom. The van der Waals surface area contributed by atoms with E-state index in [-0.39, 0.29) is 4.90 Å². The molecule has 7 heteroatoms. The highest BCUT2D eigenvalue weighted by Gasteiger charge is 2.19. The zero-order valence-corrected chi connectivity index (χ0v) is 18.5. The van der Waals surface area contributed by atoms with Crippen molar-refractivity contribution in [2.45, 2.75) is 37.6 Å².